The highest BCUT2D eigenvalue weighted by molar-refractivity contribution is 6.12. The Labute approximate surface area is 129 Å². The minimum Gasteiger partial charge on any atom is -0.507 e. The number of ketones is 1. The molecule has 3 heteroatoms. The Morgan fingerprint density at radius 3 is 1.64 bits per heavy atom. The quantitative estimate of drug-likeness (QED) is 0.629. The Bertz CT molecular complexity index is 668. The molecule has 0 aliphatic carbocycles. The standard InChI is InChI=1S/C19H18O3/c1-3-7-13-9-5-11-15(17(13)20)19(22)16-12-6-10-14(8-4-2)18(16)21/h3-6,9-12,20-21H,1-2,7-8H2. The number of rotatable bonds is 6. The molecular weight excluding hydrogens is 276 g/mol. The van der Waals surface area contributed by atoms with Gasteiger partial charge < -0.3 is 10.2 Å². The second kappa shape index (κ2) is 6.76. The van der Waals surface area contributed by atoms with Gasteiger partial charge in [-0.1, -0.05) is 36.4 Å². The second-order valence-electron chi connectivity index (χ2n) is 4.94. The predicted molar refractivity (Wildman–Crippen MR) is 87.4 cm³/mol. The summed E-state index contributed by atoms with van der Waals surface area (Å²) in [4.78, 5) is 12.6. The highest BCUT2D eigenvalue weighted by Gasteiger charge is 2.19. The van der Waals surface area contributed by atoms with Gasteiger partial charge >= 0.3 is 0 Å². The summed E-state index contributed by atoms with van der Waals surface area (Å²) in [5.74, 6) is -0.548. The Morgan fingerprint density at radius 2 is 1.27 bits per heavy atom. The van der Waals surface area contributed by atoms with E-state index in [4.69, 9.17) is 0 Å². The van der Waals surface area contributed by atoms with Crippen LogP contribution in [0.2, 0.25) is 0 Å². The van der Waals surface area contributed by atoms with Crippen LogP contribution in [0.25, 0.3) is 0 Å². The fourth-order valence-electron chi connectivity index (χ4n) is 2.33. The molecule has 0 heterocycles. The predicted octanol–water partition coefficient (Wildman–Crippen LogP) is 3.79. The van der Waals surface area contributed by atoms with E-state index in [-0.39, 0.29) is 22.6 Å². The van der Waals surface area contributed by atoms with Crippen molar-refractivity contribution >= 4 is 5.78 Å². The molecule has 0 saturated heterocycles. The van der Waals surface area contributed by atoms with Crippen molar-refractivity contribution in [1.82, 2.24) is 0 Å². The van der Waals surface area contributed by atoms with Gasteiger partial charge in [-0.3, -0.25) is 4.79 Å². The molecule has 0 aliphatic heterocycles. The van der Waals surface area contributed by atoms with Crippen molar-refractivity contribution in [2.45, 2.75) is 12.8 Å². The molecule has 0 fully saturated rings. The van der Waals surface area contributed by atoms with E-state index in [2.05, 4.69) is 13.2 Å². The van der Waals surface area contributed by atoms with Gasteiger partial charge in [0.15, 0.2) is 5.78 Å². The average molecular weight is 294 g/mol. The summed E-state index contributed by atoms with van der Waals surface area (Å²) < 4.78 is 0. The molecular formula is C19H18O3. The van der Waals surface area contributed by atoms with Crippen molar-refractivity contribution < 1.29 is 15.0 Å². The fourth-order valence-corrected chi connectivity index (χ4v) is 2.33. The molecule has 0 bridgehead atoms. The van der Waals surface area contributed by atoms with Gasteiger partial charge in [-0.05, 0) is 36.1 Å². The van der Waals surface area contributed by atoms with Crippen molar-refractivity contribution in [2.75, 3.05) is 0 Å². The lowest BCUT2D eigenvalue weighted by atomic mass is 9.96. The summed E-state index contributed by atoms with van der Waals surface area (Å²) in [6.45, 7) is 7.26. The van der Waals surface area contributed by atoms with Crippen molar-refractivity contribution in [3.8, 4) is 11.5 Å². The maximum Gasteiger partial charge on any atom is 0.200 e. The molecule has 0 unspecified atom stereocenters. The number of phenolic OH excluding ortho intramolecular Hbond substituents is 2. The van der Waals surface area contributed by atoms with E-state index < -0.39 is 5.78 Å². The normalized spacial score (nSPS) is 10.2. The van der Waals surface area contributed by atoms with Gasteiger partial charge in [0.05, 0.1) is 11.1 Å². The first kappa shape index (κ1) is 15.6. The Balaban J connectivity index is 2.49. The Hall–Kier alpha value is -2.81. The lowest BCUT2D eigenvalue weighted by Gasteiger charge is -2.11. The van der Waals surface area contributed by atoms with Crippen LogP contribution >= 0.6 is 0 Å². The molecule has 2 N–H and O–H groups in total. The summed E-state index contributed by atoms with van der Waals surface area (Å²) >= 11 is 0. The van der Waals surface area contributed by atoms with Gasteiger partial charge in [-0.15, -0.1) is 13.2 Å². The number of allylic oxidation sites excluding steroid dienone is 2. The molecule has 0 aliphatic rings. The molecule has 3 nitrogen and oxygen atoms in total. The molecule has 0 spiro atoms. The molecule has 0 radical (unpaired) electrons. The Kier molecular flexibility index (Phi) is 4.79. The number of carbonyl (C=O) groups is 1. The summed E-state index contributed by atoms with van der Waals surface area (Å²) in [5, 5.41) is 20.5. The van der Waals surface area contributed by atoms with Crippen LogP contribution in [0.3, 0.4) is 0 Å². The number of carbonyl (C=O) groups excluding carboxylic acids is 1. The third-order valence-corrected chi connectivity index (χ3v) is 3.46. The summed E-state index contributed by atoms with van der Waals surface area (Å²) in [6, 6.07) is 9.98. The number of aromatic hydroxyl groups is 2. The van der Waals surface area contributed by atoms with Crippen molar-refractivity contribution in [3.05, 3.63) is 84.0 Å². The van der Waals surface area contributed by atoms with Gasteiger partial charge in [-0.2, -0.15) is 0 Å². The van der Waals surface area contributed by atoms with Crippen molar-refractivity contribution in [2.24, 2.45) is 0 Å². The van der Waals surface area contributed by atoms with E-state index in [0.717, 1.165) is 0 Å². The van der Waals surface area contributed by atoms with E-state index in [1.807, 2.05) is 0 Å². The first-order valence-electron chi connectivity index (χ1n) is 6.98. The van der Waals surface area contributed by atoms with E-state index in [0.29, 0.717) is 24.0 Å². The molecule has 2 aromatic rings. The maximum atomic E-state index is 12.6. The van der Waals surface area contributed by atoms with Crippen LogP contribution < -0.4 is 0 Å². The zero-order valence-electron chi connectivity index (χ0n) is 12.2. The molecule has 2 rings (SSSR count). The third kappa shape index (κ3) is 2.93. The van der Waals surface area contributed by atoms with Gasteiger partial charge in [0.25, 0.3) is 0 Å². The van der Waals surface area contributed by atoms with Gasteiger partial charge in [0, 0.05) is 0 Å². The van der Waals surface area contributed by atoms with E-state index in [1.54, 1.807) is 48.6 Å². The Morgan fingerprint density at radius 1 is 0.864 bits per heavy atom. The maximum absolute atomic E-state index is 12.6. The lowest BCUT2D eigenvalue weighted by molar-refractivity contribution is 0.103. The largest absolute Gasteiger partial charge is 0.507 e. The van der Waals surface area contributed by atoms with Crippen molar-refractivity contribution in [3.63, 3.8) is 0 Å². The van der Waals surface area contributed by atoms with E-state index >= 15 is 0 Å². The second-order valence-corrected chi connectivity index (χ2v) is 4.94. The number of hydrogen-bond donors (Lipinski definition) is 2. The van der Waals surface area contributed by atoms with Crippen LogP contribution in [0, 0.1) is 0 Å². The number of phenols is 2. The van der Waals surface area contributed by atoms with Crippen LogP contribution in [-0.4, -0.2) is 16.0 Å². The van der Waals surface area contributed by atoms with Crippen LogP contribution in [0.4, 0.5) is 0 Å². The van der Waals surface area contributed by atoms with Crippen LogP contribution in [0.1, 0.15) is 27.0 Å². The number of benzene rings is 2. The lowest BCUT2D eigenvalue weighted by Crippen LogP contribution is -2.04. The molecule has 0 aromatic heterocycles. The molecule has 2 aromatic carbocycles. The minimum absolute atomic E-state index is 0.0686. The van der Waals surface area contributed by atoms with Gasteiger partial charge in [0.2, 0.25) is 0 Å². The molecule has 0 atom stereocenters. The third-order valence-electron chi connectivity index (χ3n) is 3.46. The number of para-hydroxylation sites is 2. The van der Waals surface area contributed by atoms with Crippen molar-refractivity contribution in [1.29, 1.82) is 0 Å². The van der Waals surface area contributed by atoms with Gasteiger partial charge in [-0.25, -0.2) is 0 Å². The van der Waals surface area contributed by atoms with Crippen LogP contribution in [0.15, 0.2) is 61.7 Å². The fraction of sp³-hybridized carbons (Fsp3) is 0.105. The van der Waals surface area contributed by atoms with E-state index in [1.165, 1.54) is 0 Å². The molecule has 112 valence electrons. The van der Waals surface area contributed by atoms with Crippen LogP contribution in [0.5, 0.6) is 11.5 Å². The van der Waals surface area contributed by atoms with Crippen LogP contribution in [-0.2, 0) is 12.8 Å². The molecule has 0 saturated carbocycles. The smallest absolute Gasteiger partial charge is 0.200 e. The van der Waals surface area contributed by atoms with Gasteiger partial charge in [0.1, 0.15) is 11.5 Å². The zero-order valence-corrected chi connectivity index (χ0v) is 12.2. The molecule has 22 heavy (non-hydrogen) atoms. The molecule has 0 amide bonds. The zero-order chi connectivity index (χ0) is 16.1. The first-order chi connectivity index (χ1) is 10.6. The highest BCUT2D eigenvalue weighted by Crippen LogP contribution is 2.30. The number of hydrogen-bond acceptors (Lipinski definition) is 3. The SMILES string of the molecule is C=CCc1cccc(C(=O)c2cccc(CC=C)c2O)c1O. The topological polar surface area (TPSA) is 57.5 Å². The summed E-state index contributed by atoms with van der Waals surface area (Å²) in [5.41, 5.74) is 1.60. The minimum atomic E-state index is -0.410. The van der Waals surface area contributed by atoms with E-state index in [9.17, 15) is 15.0 Å². The average Bonchev–Trinajstić information content (AvgIpc) is 2.51. The summed E-state index contributed by atoms with van der Waals surface area (Å²) in [7, 11) is 0. The highest BCUT2D eigenvalue weighted by atomic mass is 16.3. The monoisotopic (exact) mass is 294 g/mol. The first-order valence-corrected chi connectivity index (χ1v) is 6.98. The summed E-state index contributed by atoms with van der Waals surface area (Å²) in [6.07, 6.45) is 4.25.